The summed E-state index contributed by atoms with van der Waals surface area (Å²) >= 11 is 0. The highest BCUT2D eigenvalue weighted by atomic mass is 32.2. The Labute approximate surface area is 297 Å². The highest BCUT2D eigenvalue weighted by Gasteiger charge is 2.30. The van der Waals surface area contributed by atoms with Crippen molar-refractivity contribution < 1.29 is 37.5 Å². The molecule has 16 nitrogen and oxygen atoms in total. The molecule has 0 aromatic heterocycles. The predicted molar refractivity (Wildman–Crippen MR) is 191 cm³/mol. The summed E-state index contributed by atoms with van der Waals surface area (Å²) in [6, 6.07) is 8.99. The van der Waals surface area contributed by atoms with Crippen LogP contribution in [-0.2, 0) is 40.2 Å². The number of aliphatic imine (C=N–C) groups is 1. The van der Waals surface area contributed by atoms with Crippen molar-refractivity contribution in [2.75, 3.05) is 6.54 Å². The molecule has 0 aliphatic heterocycles. The molecule has 278 valence electrons. The number of guanidine groups is 1. The van der Waals surface area contributed by atoms with Gasteiger partial charge in [-0.3, -0.25) is 29.0 Å². The van der Waals surface area contributed by atoms with E-state index in [4.69, 9.17) is 17.2 Å². The number of phenolic OH excluding ortho intramolecular Hbond substituents is 1. The van der Waals surface area contributed by atoms with Gasteiger partial charge in [0.05, 0.1) is 17.4 Å². The van der Waals surface area contributed by atoms with Crippen molar-refractivity contribution in [3.63, 3.8) is 0 Å². The van der Waals surface area contributed by atoms with Crippen LogP contribution in [0.4, 0.5) is 0 Å². The van der Waals surface area contributed by atoms with Gasteiger partial charge in [0.1, 0.15) is 23.9 Å². The Kier molecular flexibility index (Phi) is 16.6. The van der Waals surface area contributed by atoms with Gasteiger partial charge < -0.3 is 43.6 Å². The number of nitrogens with two attached hydrogens (primary N) is 3. The summed E-state index contributed by atoms with van der Waals surface area (Å²) in [5.74, 6) is -3.70. The van der Waals surface area contributed by atoms with E-state index < -0.39 is 70.0 Å². The van der Waals surface area contributed by atoms with Gasteiger partial charge in [0.15, 0.2) is 15.8 Å². The predicted octanol–water partition coefficient (Wildman–Crippen LogP) is -0.143. The van der Waals surface area contributed by atoms with Crippen LogP contribution in [-0.4, -0.2) is 79.7 Å². The minimum Gasteiger partial charge on any atom is -0.508 e. The molecule has 2 aromatic rings. The maximum atomic E-state index is 13.7. The van der Waals surface area contributed by atoms with Gasteiger partial charge in [-0.2, -0.15) is 0 Å². The fourth-order valence-electron chi connectivity index (χ4n) is 4.90. The number of amides is 5. The van der Waals surface area contributed by atoms with E-state index in [9.17, 15) is 37.5 Å². The second-order valence-corrected chi connectivity index (χ2v) is 14.1. The molecule has 0 radical (unpaired) electrons. The number of sulfone groups is 1. The maximum absolute atomic E-state index is 13.7. The Morgan fingerprint density at radius 2 is 1.41 bits per heavy atom. The zero-order chi connectivity index (χ0) is 38.1. The number of nitrogens with one attached hydrogen (secondary N) is 4. The van der Waals surface area contributed by atoms with Crippen molar-refractivity contribution in [3.8, 4) is 5.75 Å². The summed E-state index contributed by atoms with van der Waals surface area (Å²) in [6.07, 6.45) is 1.19. The molecule has 0 spiro atoms. The van der Waals surface area contributed by atoms with E-state index in [0.717, 1.165) is 11.5 Å². The lowest BCUT2D eigenvalue weighted by Gasteiger charge is -2.27. The first kappa shape index (κ1) is 41.7. The van der Waals surface area contributed by atoms with Crippen LogP contribution in [0, 0.1) is 5.92 Å². The van der Waals surface area contributed by atoms with Gasteiger partial charge in [-0.15, -0.1) is 0 Å². The zero-order valence-electron chi connectivity index (χ0n) is 28.9. The maximum Gasteiger partial charge on any atom is 0.243 e. The van der Waals surface area contributed by atoms with Crippen LogP contribution in [0.3, 0.4) is 0 Å². The molecule has 0 aliphatic carbocycles. The minimum atomic E-state index is -3.92. The Balaban J connectivity index is 2.32. The average molecular weight is 729 g/mol. The van der Waals surface area contributed by atoms with Crippen LogP contribution in [0.25, 0.3) is 0 Å². The Morgan fingerprint density at radius 1 is 0.824 bits per heavy atom. The second-order valence-electron chi connectivity index (χ2n) is 12.3. The summed E-state index contributed by atoms with van der Waals surface area (Å²) in [5, 5.41) is 21.0. The van der Waals surface area contributed by atoms with E-state index in [1.807, 2.05) is 13.8 Å². The van der Waals surface area contributed by atoms with Crippen molar-refractivity contribution >= 4 is 45.3 Å². The lowest BCUT2D eigenvalue weighted by Crippen LogP contribution is -2.57. The van der Waals surface area contributed by atoms with Gasteiger partial charge in [0.2, 0.25) is 29.5 Å². The molecule has 0 unspecified atom stereocenters. The highest BCUT2D eigenvalue weighted by Crippen LogP contribution is 2.14. The van der Waals surface area contributed by atoms with Gasteiger partial charge in [-0.1, -0.05) is 50.3 Å². The van der Waals surface area contributed by atoms with Crippen molar-refractivity contribution in [2.24, 2.45) is 28.1 Å². The lowest BCUT2D eigenvalue weighted by atomic mass is 10.0. The average Bonchev–Trinajstić information content (AvgIpc) is 3.05. The summed E-state index contributed by atoms with van der Waals surface area (Å²) in [7, 11) is -3.92. The van der Waals surface area contributed by atoms with Gasteiger partial charge in [0, 0.05) is 25.3 Å². The molecule has 2 aromatic carbocycles. The molecular formula is C34H48N8O8S. The molecule has 2 rings (SSSR count). The Bertz CT molecular complexity index is 1660. The van der Waals surface area contributed by atoms with E-state index in [0.29, 0.717) is 5.56 Å². The third-order valence-electron chi connectivity index (χ3n) is 7.30. The molecule has 0 saturated heterocycles. The molecule has 0 aliphatic rings. The molecule has 0 bridgehead atoms. The number of phenols is 1. The van der Waals surface area contributed by atoms with Crippen LogP contribution in [0.5, 0.6) is 5.75 Å². The number of hydrogen-bond donors (Lipinski definition) is 8. The number of rotatable bonds is 20. The van der Waals surface area contributed by atoms with Gasteiger partial charge in [-0.05, 0) is 55.0 Å². The smallest absolute Gasteiger partial charge is 0.243 e. The normalized spacial score (nSPS) is 13.7. The third kappa shape index (κ3) is 15.8. The summed E-state index contributed by atoms with van der Waals surface area (Å²) in [6.45, 7) is 5.00. The van der Waals surface area contributed by atoms with E-state index in [1.54, 1.807) is 30.3 Å². The highest BCUT2D eigenvalue weighted by molar-refractivity contribution is 7.94. The summed E-state index contributed by atoms with van der Waals surface area (Å²) < 4.78 is 25.6. The monoisotopic (exact) mass is 728 g/mol. The van der Waals surface area contributed by atoms with Crippen LogP contribution in [0.15, 0.2) is 76.0 Å². The fraction of sp³-hybridized carbons (Fsp3) is 0.412. The zero-order valence-corrected chi connectivity index (χ0v) is 29.7. The van der Waals surface area contributed by atoms with Crippen molar-refractivity contribution in [1.29, 1.82) is 0 Å². The number of benzene rings is 2. The summed E-state index contributed by atoms with van der Waals surface area (Å²) in [5.41, 5.74) is 16.8. The molecule has 0 fully saturated rings. The van der Waals surface area contributed by atoms with Crippen LogP contribution in [0.1, 0.15) is 52.0 Å². The summed E-state index contributed by atoms with van der Waals surface area (Å²) in [4.78, 5) is 68.6. The SMILES string of the molecule is CC(=O)N[C@@H](Cc1ccc(O)cc1)C(=O)N[C@@H](CCCN=C(N)N)C(=O)N[C@@H](CC(C)C)C(=O)N[C@H](/C=C/S(=O)(=O)c1ccccc1)CC(N)=O. The number of primary amides is 1. The van der Waals surface area contributed by atoms with E-state index >= 15 is 0 Å². The molecule has 11 N–H and O–H groups in total. The lowest BCUT2D eigenvalue weighted by molar-refractivity contribution is -0.134. The third-order valence-corrected chi connectivity index (χ3v) is 8.74. The van der Waals surface area contributed by atoms with Crippen molar-refractivity contribution in [1.82, 2.24) is 21.3 Å². The quantitative estimate of drug-likeness (QED) is 0.0507. The van der Waals surface area contributed by atoms with Gasteiger partial charge in [-0.25, -0.2) is 8.42 Å². The second kappa shape index (κ2) is 20.3. The molecule has 0 heterocycles. The molecule has 51 heavy (non-hydrogen) atoms. The first-order valence-electron chi connectivity index (χ1n) is 16.2. The first-order valence-corrected chi connectivity index (χ1v) is 17.8. The van der Waals surface area contributed by atoms with Crippen LogP contribution < -0.4 is 38.5 Å². The minimum absolute atomic E-state index is 0.00656. The molecule has 4 atom stereocenters. The Morgan fingerprint density at radius 3 is 1.98 bits per heavy atom. The van der Waals surface area contributed by atoms with Gasteiger partial charge in [0.25, 0.3) is 0 Å². The molecule has 5 amide bonds. The van der Waals surface area contributed by atoms with E-state index in [2.05, 4.69) is 26.3 Å². The van der Waals surface area contributed by atoms with Gasteiger partial charge >= 0.3 is 0 Å². The van der Waals surface area contributed by atoms with E-state index in [1.165, 1.54) is 31.2 Å². The topological polar surface area (TPSA) is 278 Å². The van der Waals surface area contributed by atoms with Crippen molar-refractivity contribution in [3.05, 3.63) is 71.6 Å². The number of hydrogen-bond acceptors (Lipinski definition) is 9. The van der Waals surface area contributed by atoms with Crippen LogP contribution in [0.2, 0.25) is 0 Å². The Hall–Kier alpha value is -5.45. The standard InChI is InChI=1S/C34H48N8O8S/c1-21(2)18-28(32(47)40-24(20-30(35)45)15-17-51(49,50)26-8-5-4-6-9-26)42-31(46)27(10-7-16-38-34(36)37)41-33(48)29(39-22(3)43)19-23-11-13-25(44)14-12-23/h4-6,8-9,11-15,17,21,24,27-29,44H,7,10,16,18-20H2,1-3H3,(H2,35,45)(H,39,43)(H,40,47)(H,41,48)(H,42,46)(H4,36,37,38)/b17-15+/t24-,27+,28+,29+/m1/s1. The number of aromatic hydroxyl groups is 1. The van der Waals surface area contributed by atoms with Crippen LogP contribution >= 0.6 is 0 Å². The van der Waals surface area contributed by atoms with Crippen molar-refractivity contribution in [2.45, 2.75) is 81.9 Å². The first-order chi connectivity index (χ1) is 24.0. The molecule has 0 saturated carbocycles. The fourth-order valence-corrected chi connectivity index (χ4v) is 5.99. The van der Waals surface area contributed by atoms with E-state index in [-0.39, 0.29) is 54.8 Å². The number of carbonyl (C=O) groups is 5. The molecule has 17 heteroatoms. The number of nitrogens with zero attached hydrogens (tertiary/aromatic N) is 1. The largest absolute Gasteiger partial charge is 0.508 e. The molecular weight excluding hydrogens is 680 g/mol. The number of carbonyl (C=O) groups excluding carboxylic acids is 5.